The molecule has 1 saturated carbocycles. The molecule has 0 heterocycles. The molecule has 1 fully saturated rings. The average molecular weight is 258 g/mol. The number of carbonyl (C=O) groups excluding carboxylic acids is 1. The minimum Gasteiger partial charge on any atom is -0.459 e. The van der Waals surface area contributed by atoms with Gasteiger partial charge in [-0.15, -0.1) is 0 Å². The van der Waals surface area contributed by atoms with Gasteiger partial charge < -0.3 is 9.16 Å². The molecule has 1 rings (SSSR count). The monoisotopic (exact) mass is 258 g/mol. The van der Waals surface area contributed by atoms with Crippen LogP contribution in [0, 0.1) is 0 Å². The second-order valence-electron chi connectivity index (χ2n) is 6.95. The van der Waals surface area contributed by atoms with Crippen LogP contribution in [0.15, 0.2) is 0 Å². The molecule has 1 aliphatic rings. The molecule has 0 aliphatic heterocycles. The van der Waals surface area contributed by atoms with Crippen LogP contribution in [0.1, 0.15) is 47.5 Å². The SMILES string of the molecule is CC(=O)OC1(C)CC(O[Si](C)(C)C(C)(C)C)C1. The van der Waals surface area contributed by atoms with Crippen LogP contribution in [-0.4, -0.2) is 26.0 Å². The van der Waals surface area contributed by atoms with Gasteiger partial charge in [-0.05, 0) is 25.1 Å². The van der Waals surface area contributed by atoms with Crippen molar-refractivity contribution in [3.05, 3.63) is 0 Å². The predicted octanol–water partition coefficient (Wildman–Crippen LogP) is 3.49. The quantitative estimate of drug-likeness (QED) is 0.574. The standard InChI is InChI=1S/C13H26O3Si/c1-10(14)15-13(5)8-11(9-13)16-17(6,7)12(2,3)4/h11H,8-9H2,1-7H3. The summed E-state index contributed by atoms with van der Waals surface area (Å²) >= 11 is 0. The third-order valence-corrected chi connectivity index (χ3v) is 8.51. The molecule has 0 aromatic carbocycles. The van der Waals surface area contributed by atoms with Crippen molar-refractivity contribution in [2.24, 2.45) is 0 Å². The summed E-state index contributed by atoms with van der Waals surface area (Å²) in [5.41, 5.74) is -0.293. The fourth-order valence-electron chi connectivity index (χ4n) is 2.01. The van der Waals surface area contributed by atoms with Crippen LogP contribution in [0.3, 0.4) is 0 Å². The predicted molar refractivity (Wildman–Crippen MR) is 71.5 cm³/mol. The topological polar surface area (TPSA) is 35.5 Å². The van der Waals surface area contributed by atoms with Crippen molar-refractivity contribution in [1.82, 2.24) is 0 Å². The molecule has 17 heavy (non-hydrogen) atoms. The zero-order chi connectivity index (χ0) is 13.5. The number of carbonyl (C=O) groups is 1. The third-order valence-electron chi connectivity index (χ3n) is 3.98. The van der Waals surface area contributed by atoms with E-state index in [9.17, 15) is 4.79 Å². The van der Waals surface area contributed by atoms with E-state index in [1.165, 1.54) is 6.92 Å². The molecule has 4 heteroatoms. The maximum absolute atomic E-state index is 10.9. The molecule has 0 N–H and O–H groups in total. The van der Waals surface area contributed by atoms with Crippen LogP contribution in [0.5, 0.6) is 0 Å². The molecule has 3 nitrogen and oxygen atoms in total. The first-order valence-corrected chi connectivity index (χ1v) is 9.23. The van der Waals surface area contributed by atoms with E-state index >= 15 is 0 Å². The van der Waals surface area contributed by atoms with Crippen molar-refractivity contribution in [2.45, 2.75) is 77.3 Å². The molecule has 0 unspecified atom stereocenters. The molecule has 0 spiro atoms. The summed E-state index contributed by atoms with van der Waals surface area (Å²) in [6.07, 6.45) is 1.93. The summed E-state index contributed by atoms with van der Waals surface area (Å²) in [5.74, 6) is -0.196. The van der Waals surface area contributed by atoms with E-state index in [0.717, 1.165) is 12.8 Å². The van der Waals surface area contributed by atoms with Gasteiger partial charge in [0, 0.05) is 19.8 Å². The number of ether oxygens (including phenoxy) is 1. The van der Waals surface area contributed by atoms with E-state index in [4.69, 9.17) is 9.16 Å². The molecule has 1 aliphatic carbocycles. The minimum atomic E-state index is -1.68. The molecule has 0 amide bonds. The summed E-state index contributed by atoms with van der Waals surface area (Å²) in [5, 5.41) is 0.237. The van der Waals surface area contributed by atoms with Gasteiger partial charge in [-0.25, -0.2) is 0 Å². The van der Waals surface area contributed by atoms with Crippen LogP contribution in [0.4, 0.5) is 0 Å². The maximum atomic E-state index is 10.9. The highest BCUT2D eigenvalue weighted by molar-refractivity contribution is 6.74. The van der Waals surface area contributed by atoms with Crippen LogP contribution >= 0.6 is 0 Å². The van der Waals surface area contributed by atoms with Gasteiger partial charge in [0.05, 0.1) is 6.10 Å². The van der Waals surface area contributed by atoms with Gasteiger partial charge in [0.2, 0.25) is 0 Å². The Labute approximate surface area is 106 Å². The van der Waals surface area contributed by atoms with Crippen molar-refractivity contribution in [2.75, 3.05) is 0 Å². The average Bonchev–Trinajstić information content (AvgIpc) is 1.95. The van der Waals surface area contributed by atoms with Crippen molar-refractivity contribution in [3.63, 3.8) is 0 Å². The van der Waals surface area contributed by atoms with Crippen LogP contribution in [-0.2, 0) is 14.0 Å². The number of esters is 1. The Kier molecular flexibility index (Phi) is 3.80. The Morgan fingerprint density at radius 3 is 2.12 bits per heavy atom. The number of hydrogen-bond acceptors (Lipinski definition) is 3. The molecule has 0 atom stereocenters. The number of hydrogen-bond donors (Lipinski definition) is 0. The Hall–Kier alpha value is -0.353. The first-order valence-electron chi connectivity index (χ1n) is 6.33. The lowest BCUT2D eigenvalue weighted by atomic mass is 9.79. The van der Waals surface area contributed by atoms with Crippen molar-refractivity contribution in [3.8, 4) is 0 Å². The zero-order valence-corrected chi connectivity index (χ0v) is 13.2. The Balaban J connectivity index is 2.47. The summed E-state index contributed by atoms with van der Waals surface area (Å²) in [6, 6.07) is 0. The van der Waals surface area contributed by atoms with Crippen molar-refractivity contribution < 1.29 is 14.0 Å². The van der Waals surface area contributed by atoms with E-state index in [2.05, 4.69) is 33.9 Å². The summed E-state index contributed by atoms with van der Waals surface area (Å²) in [7, 11) is -1.68. The van der Waals surface area contributed by atoms with Gasteiger partial charge in [-0.3, -0.25) is 4.79 Å². The van der Waals surface area contributed by atoms with Crippen LogP contribution in [0.25, 0.3) is 0 Å². The smallest absolute Gasteiger partial charge is 0.303 e. The van der Waals surface area contributed by atoms with E-state index in [0.29, 0.717) is 0 Å². The third kappa shape index (κ3) is 3.55. The fourth-order valence-corrected chi connectivity index (χ4v) is 3.36. The summed E-state index contributed by atoms with van der Waals surface area (Å²) < 4.78 is 11.6. The molecule has 0 radical (unpaired) electrons. The van der Waals surface area contributed by atoms with Gasteiger partial charge in [0.1, 0.15) is 5.60 Å². The molecular weight excluding hydrogens is 232 g/mol. The molecular formula is C13H26O3Si. The van der Waals surface area contributed by atoms with Crippen molar-refractivity contribution in [1.29, 1.82) is 0 Å². The fraction of sp³-hybridized carbons (Fsp3) is 0.923. The molecule has 0 aromatic rings. The van der Waals surface area contributed by atoms with Gasteiger partial charge >= 0.3 is 5.97 Å². The lowest BCUT2D eigenvalue weighted by molar-refractivity contribution is -0.175. The first kappa shape index (κ1) is 14.7. The number of rotatable bonds is 3. The highest BCUT2D eigenvalue weighted by Crippen LogP contribution is 2.44. The van der Waals surface area contributed by atoms with E-state index in [-0.39, 0.29) is 22.7 Å². The van der Waals surface area contributed by atoms with E-state index in [1.54, 1.807) is 0 Å². The zero-order valence-electron chi connectivity index (χ0n) is 12.2. The lowest BCUT2D eigenvalue weighted by Crippen LogP contribution is -2.54. The Bertz CT molecular complexity index is 298. The normalized spacial score (nSPS) is 29.7. The van der Waals surface area contributed by atoms with E-state index in [1.807, 2.05) is 6.92 Å². The Morgan fingerprint density at radius 1 is 1.29 bits per heavy atom. The molecule has 0 aromatic heterocycles. The second-order valence-corrected chi connectivity index (χ2v) is 11.7. The molecule has 0 bridgehead atoms. The summed E-state index contributed by atoms with van der Waals surface area (Å²) in [6.45, 7) is 14.7. The van der Waals surface area contributed by atoms with Crippen LogP contribution < -0.4 is 0 Å². The van der Waals surface area contributed by atoms with E-state index < -0.39 is 8.32 Å². The first-order chi connectivity index (χ1) is 7.45. The second kappa shape index (κ2) is 4.39. The van der Waals surface area contributed by atoms with Crippen molar-refractivity contribution >= 4 is 14.3 Å². The largest absolute Gasteiger partial charge is 0.459 e. The highest BCUT2D eigenvalue weighted by Gasteiger charge is 2.48. The molecule has 100 valence electrons. The van der Waals surface area contributed by atoms with Crippen LogP contribution in [0.2, 0.25) is 18.1 Å². The Morgan fingerprint density at radius 2 is 1.76 bits per heavy atom. The molecule has 0 saturated heterocycles. The van der Waals surface area contributed by atoms with Gasteiger partial charge in [-0.1, -0.05) is 20.8 Å². The maximum Gasteiger partial charge on any atom is 0.303 e. The van der Waals surface area contributed by atoms with Gasteiger partial charge in [0.25, 0.3) is 0 Å². The summed E-state index contributed by atoms with van der Waals surface area (Å²) in [4.78, 5) is 10.9. The van der Waals surface area contributed by atoms with Gasteiger partial charge in [0.15, 0.2) is 8.32 Å². The lowest BCUT2D eigenvalue weighted by Gasteiger charge is -2.49. The van der Waals surface area contributed by atoms with Gasteiger partial charge in [-0.2, -0.15) is 0 Å². The highest BCUT2D eigenvalue weighted by atomic mass is 28.4. The minimum absolute atomic E-state index is 0.196.